The fourth-order valence-corrected chi connectivity index (χ4v) is 2.62. The van der Waals surface area contributed by atoms with Crippen LogP contribution < -0.4 is 10.2 Å². The number of rotatable bonds is 3. The minimum atomic E-state index is -0.454. The Kier molecular flexibility index (Phi) is 4.43. The second kappa shape index (κ2) is 6.06. The summed E-state index contributed by atoms with van der Waals surface area (Å²) in [5.41, 5.74) is 1.95. The van der Waals surface area contributed by atoms with Crippen molar-refractivity contribution in [2.24, 2.45) is 0 Å². The number of likely N-dealkylation sites (N-methyl/N-ethyl adjacent to an activating group) is 1. The Morgan fingerprint density at radius 3 is 2.63 bits per heavy atom. The molecule has 1 aliphatic rings. The zero-order valence-electron chi connectivity index (χ0n) is 11.6. The van der Waals surface area contributed by atoms with Crippen LogP contribution in [0.3, 0.4) is 0 Å². The molecule has 1 aliphatic heterocycles. The fourth-order valence-electron chi connectivity index (χ4n) is 2.62. The highest BCUT2D eigenvalue weighted by Crippen LogP contribution is 2.26. The number of nitrogens with zero attached hydrogens (tertiary/aromatic N) is 1. The standard InChI is InChI=1S/C15H22N2O2/c1-11(18)12-6-8-13(9-7-12)17-10-4-3-5-14(17)15(19)16-2/h6-9,11,14,18H,3-5,10H2,1-2H3,(H,16,19)/t11-,14?/m1/s1. The van der Waals surface area contributed by atoms with Crippen LogP contribution in [-0.4, -0.2) is 30.6 Å². The van der Waals surface area contributed by atoms with Crippen molar-refractivity contribution < 1.29 is 9.90 Å². The molecule has 1 heterocycles. The Bertz CT molecular complexity index is 428. The fraction of sp³-hybridized carbons (Fsp3) is 0.533. The molecular weight excluding hydrogens is 240 g/mol. The summed E-state index contributed by atoms with van der Waals surface area (Å²) in [6, 6.07) is 7.76. The molecule has 104 valence electrons. The van der Waals surface area contributed by atoms with Crippen molar-refractivity contribution in [1.82, 2.24) is 5.32 Å². The van der Waals surface area contributed by atoms with Gasteiger partial charge >= 0.3 is 0 Å². The Balaban J connectivity index is 2.19. The topological polar surface area (TPSA) is 52.6 Å². The van der Waals surface area contributed by atoms with E-state index in [0.717, 1.165) is 37.1 Å². The second-order valence-corrected chi connectivity index (χ2v) is 5.09. The molecule has 0 aliphatic carbocycles. The number of hydrogen-bond acceptors (Lipinski definition) is 3. The summed E-state index contributed by atoms with van der Waals surface area (Å²) in [7, 11) is 1.69. The summed E-state index contributed by atoms with van der Waals surface area (Å²) in [6.07, 6.45) is 2.66. The van der Waals surface area contributed by atoms with E-state index in [1.54, 1.807) is 14.0 Å². The lowest BCUT2D eigenvalue weighted by Crippen LogP contribution is -2.48. The van der Waals surface area contributed by atoms with Gasteiger partial charge in [-0.3, -0.25) is 4.79 Å². The zero-order valence-corrected chi connectivity index (χ0v) is 11.6. The molecule has 2 N–H and O–H groups in total. The van der Waals surface area contributed by atoms with E-state index in [0.29, 0.717) is 0 Å². The first-order valence-electron chi connectivity index (χ1n) is 6.89. The van der Waals surface area contributed by atoms with Crippen molar-refractivity contribution >= 4 is 11.6 Å². The Labute approximate surface area is 114 Å². The Morgan fingerprint density at radius 2 is 2.05 bits per heavy atom. The van der Waals surface area contributed by atoms with Gasteiger partial charge < -0.3 is 15.3 Å². The SMILES string of the molecule is CNC(=O)C1CCCCN1c1ccc([C@@H](C)O)cc1. The molecule has 1 fully saturated rings. The Morgan fingerprint density at radius 1 is 1.37 bits per heavy atom. The maximum Gasteiger partial charge on any atom is 0.242 e. The largest absolute Gasteiger partial charge is 0.389 e. The number of nitrogens with one attached hydrogen (secondary N) is 1. The van der Waals surface area contributed by atoms with Crippen molar-refractivity contribution in [1.29, 1.82) is 0 Å². The normalized spacial score (nSPS) is 21.0. The maximum absolute atomic E-state index is 11.9. The van der Waals surface area contributed by atoms with Crippen LogP contribution in [-0.2, 0) is 4.79 Å². The van der Waals surface area contributed by atoms with Gasteiger partial charge in [-0.2, -0.15) is 0 Å². The molecule has 0 spiro atoms. The molecule has 4 heteroatoms. The molecule has 19 heavy (non-hydrogen) atoms. The van der Waals surface area contributed by atoms with Gasteiger partial charge in [-0.05, 0) is 43.9 Å². The zero-order chi connectivity index (χ0) is 13.8. The van der Waals surface area contributed by atoms with Crippen LogP contribution in [0.15, 0.2) is 24.3 Å². The summed E-state index contributed by atoms with van der Waals surface area (Å²) in [4.78, 5) is 14.1. The average Bonchev–Trinajstić information content (AvgIpc) is 2.46. The molecule has 1 amide bonds. The van der Waals surface area contributed by atoms with E-state index in [1.807, 2.05) is 24.3 Å². The van der Waals surface area contributed by atoms with Crippen LogP contribution in [0.5, 0.6) is 0 Å². The van der Waals surface area contributed by atoms with E-state index in [2.05, 4.69) is 10.2 Å². The van der Waals surface area contributed by atoms with Crippen LogP contribution in [0.2, 0.25) is 0 Å². The van der Waals surface area contributed by atoms with E-state index >= 15 is 0 Å². The molecule has 2 atom stereocenters. The quantitative estimate of drug-likeness (QED) is 0.874. The van der Waals surface area contributed by atoms with Crippen molar-refractivity contribution in [3.8, 4) is 0 Å². The van der Waals surface area contributed by atoms with Gasteiger partial charge in [0.25, 0.3) is 0 Å². The highest BCUT2D eigenvalue weighted by Gasteiger charge is 2.28. The molecule has 4 nitrogen and oxygen atoms in total. The van der Waals surface area contributed by atoms with Crippen molar-refractivity contribution in [3.63, 3.8) is 0 Å². The molecule has 0 aromatic heterocycles. The predicted octanol–water partition coefficient (Wildman–Crippen LogP) is 1.84. The van der Waals surface area contributed by atoms with E-state index in [9.17, 15) is 9.90 Å². The molecule has 1 unspecified atom stereocenters. The summed E-state index contributed by atoms with van der Waals surface area (Å²) in [6.45, 7) is 2.66. The molecule has 0 radical (unpaired) electrons. The summed E-state index contributed by atoms with van der Waals surface area (Å²) in [5, 5.41) is 12.3. The average molecular weight is 262 g/mol. The van der Waals surface area contributed by atoms with Crippen LogP contribution in [0.25, 0.3) is 0 Å². The number of aliphatic hydroxyl groups excluding tert-OH is 1. The molecule has 1 aromatic carbocycles. The van der Waals surface area contributed by atoms with Crippen molar-refractivity contribution in [2.75, 3.05) is 18.5 Å². The van der Waals surface area contributed by atoms with Crippen LogP contribution in [0, 0.1) is 0 Å². The van der Waals surface area contributed by atoms with Crippen LogP contribution in [0.1, 0.15) is 37.9 Å². The third-order valence-electron chi connectivity index (χ3n) is 3.76. The molecule has 1 aromatic rings. The van der Waals surface area contributed by atoms with E-state index in [1.165, 1.54) is 0 Å². The molecular formula is C15H22N2O2. The van der Waals surface area contributed by atoms with Gasteiger partial charge in [0.15, 0.2) is 0 Å². The number of carbonyl (C=O) groups excluding carboxylic acids is 1. The van der Waals surface area contributed by atoms with E-state index in [4.69, 9.17) is 0 Å². The number of anilines is 1. The lowest BCUT2D eigenvalue weighted by Gasteiger charge is -2.36. The van der Waals surface area contributed by atoms with Crippen LogP contribution in [0.4, 0.5) is 5.69 Å². The van der Waals surface area contributed by atoms with Gasteiger partial charge in [0, 0.05) is 19.3 Å². The number of piperidine rings is 1. The second-order valence-electron chi connectivity index (χ2n) is 5.09. The lowest BCUT2D eigenvalue weighted by atomic mass is 10.00. The number of carbonyl (C=O) groups is 1. The first kappa shape index (κ1) is 13.9. The highest BCUT2D eigenvalue weighted by atomic mass is 16.3. The minimum Gasteiger partial charge on any atom is -0.389 e. The van der Waals surface area contributed by atoms with Gasteiger partial charge in [0.05, 0.1) is 6.10 Å². The Hall–Kier alpha value is -1.55. The van der Waals surface area contributed by atoms with Gasteiger partial charge in [-0.25, -0.2) is 0 Å². The number of benzene rings is 1. The molecule has 0 bridgehead atoms. The van der Waals surface area contributed by atoms with Gasteiger partial charge in [0.2, 0.25) is 5.91 Å². The third kappa shape index (κ3) is 3.07. The molecule has 0 saturated carbocycles. The number of amides is 1. The van der Waals surface area contributed by atoms with Crippen molar-refractivity contribution in [3.05, 3.63) is 29.8 Å². The predicted molar refractivity (Wildman–Crippen MR) is 76.1 cm³/mol. The van der Waals surface area contributed by atoms with Crippen molar-refractivity contribution in [2.45, 2.75) is 38.3 Å². The monoisotopic (exact) mass is 262 g/mol. The maximum atomic E-state index is 11.9. The summed E-state index contributed by atoms with van der Waals surface area (Å²) < 4.78 is 0. The highest BCUT2D eigenvalue weighted by molar-refractivity contribution is 5.85. The third-order valence-corrected chi connectivity index (χ3v) is 3.76. The minimum absolute atomic E-state index is 0.0730. The molecule has 1 saturated heterocycles. The van der Waals surface area contributed by atoms with Crippen LogP contribution >= 0.6 is 0 Å². The number of hydrogen-bond donors (Lipinski definition) is 2. The first-order chi connectivity index (χ1) is 9.13. The lowest BCUT2D eigenvalue weighted by molar-refractivity contribution is -0.122. The molecule has 2 rings (SSSR count). The number of aliphatic hydroxyl groups is 1. The van der Waals surface area contributed by atoms with Gasteiger partial charge in [0.1, 0.15) is 6.04 Å². The van der Waals surface area contributed by atoms with Gasteiger partial charge in [-0.1, -0.05) is 12.1 Å². The van der Waals surface area contributed by atoms with E-state index in [-0.39, 0.29) is 11.9 Å². The van der Waals surface area contributed by atoms with Gasteiger partial charge in [-0.15, -0.1) is 0 Å². The van der Waals surface area contributed by atoms with E-state index < -0.39 is 6.10 Å². The smallest absolute Gasteiger partial charge is 0.242 e. The summed E-state index contributed by atoms with van der Waals surface area (Å²) >= 11 is 0. The summed E-state index contributed by atoms with van der Waals surface area (Å²) in [5.74, 6) is 0.0827. The first-order valence-corrected chi connectivity index (χ1v) is 6.89.